The molecule has 0 aliphatic carbocycles. The van der Waals surface area contributed by atoms with Crippen LogP contribution in [-0.4, -0.2) is 0 Å². The van der Waals surface area contributed by atoms with Crippen molar-refractivity contribution in [2.45, 2.75) is 105 Å². The Bertz CT molecular complexity index is 585. The fourth-order valence-electron chi connectivity index (χ4n) is 3.15. The molecule has 0 N–H and O–H groups in total. The molecule has 0 atom stereocenters. The number of rotatable bonds is 6. The van der Waals surface area contributed by atoms with Crippen LogP contribution >= 0.6 is 0 Å². The van der Waals surface area contributed by atoms with Crippen molar-refractivity contribution >= 4 is 0 Å². The summed E-state index contributed by atoms with van der Waals surface area (Å²) in [6.07, 6.45) is 5.51. The topological polar surface area (TPSA) is 0 Å². The van der Waals surface area contributed by atoms with Crippen LogP contribution < -0.4 is 0 Å². The first-order valence-electron chi connectivity index (χ1n) is 9.86. The van der Waals surface area contributed by atoms with E-state index in [9.17, 15) is 0 Å². The second kappa shape index (κ2) is 7.29. The van der Waals surface area contributed by atoms with Crippen LogP contribution in [-0.2, 0) is 16.2 Å². The van der Waals surface area contributed by atoms with Gasteiger partial charge in [0.15, 0.2) is 0 Å². The van der Waals surface area contributed by atoms with Gasteiger partial charge < -0.3 is 0 Å². The molecule has 142 valence electrons. The lowest BCUT2D eigenvalue weighted by molar-refractivity contribution is 0.314. The molecule has 0 saturated carbocycles. The van der Waals surface area contributed by atoms with Gasteiger partial charge in [0, 0.05) is 0 Å². The van der Waals surface area contributed by atoms with Crippen LogP contribution in [0.2, 0.25) is 0 Å². The molecule has 0 nitrogen and oxygen atoms in total. The molecule has 0 saturated heterocycles. The fraction of sp³-hybridized carbons (Fsp3) is 0.680. The zero-order valence-corrected chi connectivity index (χ0v) is 18.6. The average molecular weight is 343 g/mol. The second-order valence-corrected chi connectivity index (χ2v) is 11.4. The molecular formula is C25H42. The zero-order valence-electron chi connectivity index (χ0n) is 18.6. The van der Waals surface area contributed by atoms with E-state index >= 15 is 0 Å². The first-order valence-corrected chi connectivity index (χ1v) is 9.86. The number of benzene rings is 1. The minimum atomic E-state index is 0.123. The van der Waals surface area contributed by atoms with Crippen molar-refractivity contribution in [2.24, 2.45) is 5.41 Å². The van der Waals surface area contributed by atoms with E-state index in [0.29, 0.717) is 5.41 Å². The van der Waals surface area contributed by atoms with Gasteiger partial charge in [0.2, 0.25) is 0 Å². The van der Waals surface area contributed by atoms with E-state index in [-0.39, 0.29) is 16.2 Å². The Balaban J connectivity index is 3.41. The van der Waals surface area contributed by atoms with Crippen LogP contribution in [0.4, 0.5) is 0 Å². The summed E-state index contributed by atoms with van der Waals surface area (Å²) in [4.78, 5) is 0. The lowest BCUT2D eigenvalue weighted by atomic mass is 9.71. The summed E-state index contributed by atoms with van der Waals surface area (Å²) in [5, 5.41) is 0. The molecule has 0 heterocycles. The Kier molecular flexibility index (Phi) is 6.42. The Labute approximate surface area is 158 Å². The second-order valence-electron chi connectivity index (χ2n) is 11.4. The first-order chi connectivity index (χ1) is 11.1. The Morgan fingerprint density at radius 1 is 0.680 bits per heavy atom. The summed E-state index contributed by atoms with van der Waals surface area (Å²) < 4.78 is 0. The van der Waals surface area contributed by atoms with Gasteiger partial charge >= 0.3 is 0 Å². The van der Waals surface area contributed by atoms with Gasteiger partial charge in [-0.1, -0.05) is 93.5 Å². The molecule has 25 heavy (non-hydrogen) atoms. The largest absolute Gasteiger partial charge is 0.103 e. The molecule has 0 radical (unpaired) electrons. The van der Waals surface area contributed by atoms with Gasteiger partial charge in [0.05, 0.1) is 0 Å². The predicted molar refractivity (Wildman–Crippen MR) is 115 cm³/mol. The van der Waals surface area contributed by atoms with Gasteiger partial charge in [-0.05, 0) is 57.6 Å². The van der Waals surface area contributed by atoms with Crippen molar-refractivity contribution in [1.82, 2.24) is 0 Å². The van der Waals surface area contributed by atoms with Crippen LogP contribution in [0.5, 0.6) is 0 Å². The van der Waals surface area contributed by atoms with Crippen molar-refractivity contribution in [2.75, 3.05) is 0 Å². The van der Waals surface area contributed by atoms with Crippen molar-refractivity contribution in [3.63, 3.8) is 0 Å². The minimum absolute atomic E-state index is 0.123. The molecular weight excluding hydrogens is 300 g/mol. The van der Waals surface area contributed by atoms with Crippen LogP contribution in [0.3, 0.4) is 0 Å². The summed E-state index contributed by atoms with van der Waals surface area (Å²) >= 11 is 0. The molecule has 0 aliphatic rings. The van der Waals surface area contributed by atoms with E-state index in [1.807, 2.05) is 6.08 Å². The molecule has 0 heteroatoms. The van der Waals surface area contributed by atoms with Gasteiger partial charge in [-0.3, -0.25) is 0 Å². The molecule has 1 aromatic carbocycles. The van der Waals surface area contributed by atoms with E-state index < -0.39 is 0 Å². The standard InChI is InChI=1S/C25H42/c1-12-13-24(8,9)20-16-19(23(5,6)7)17-21(18-20)25(10,11)15-14-22(2,3)4/h12,16-18H,1,13-15H2,2-11H3. The maximum atomic E-state index is 3.97. The van der Waals surface area contributed by atoms with E-state index in [0.717, 1.165) is 6.42 Å². The number of allylic oxidation sites excluding steroid dienone is 1. The van der Waals surface area contributed by atoms with Crippen molar-refractivity contribution < 1.29 is 0 Å². The van der Waals surface area contributed by atoms with Gasteiger partial charge in [-0.15, -0.1) is 6.58 Å². The van der Waals surface area contributed by atoms with Gasteiger partial charge in [-0.2, -0.15) is 0 Å². The van der Waals surface area contributed by atoms with Gasteiger partial charge in [-0.25, -0.2) is 0 Å². The van der Waals surface area contributed by atoms with Crippen LogP contribution in [0.15, 0.2) is 30.9 Å². The highest BCUT2D eigenvalue weighted by atomic mass is 14.3. The quantitative estimate of drug-likeness (QED) is 0.460. The van der Waals surface area contributed by atoms with Crippen LogP contribution in [0.25, 0.3) is 0 Å². The maximum absolute atomic E-state index is 3.97. The van der Waals surface area contributed by atoms with Crippen LogP contribution in [0.1, 0.15) is 105 Å². The highest BCUT2D eigenvalue weighted by Gasteiger charge is 2.29. The van der Waals surface area contributed by atoms with Gasteiger partial charge in [0.1, 0.15) is 0 Å². The SMILES string of the molecule is C=CCC(C)(C)c1cc(C(C)(C)C)cc(C(C)(C)CCC(C)(C)C)c1. The molecule has 1 rings (SSSR count). The summed E-state index contributed by atoms with van der Waals surface area (Å²) in [6, 6.07) is 7.34. The molecule has 0 unspecified atom stereocenters. The van der Waals surface area contributed by atoms with Crippen molar-refractivity contribution in [1.29, 1.82) is 0 Å². The third-order valence-electron chi connectivity index (χ3n) is 5.52. The number of hydrogen-bond acceptors (Lipinski definition) is 0. The van der Waals surface area contributed by atoms with E-state index in [2.05, 4.69) is 94.0 Å². The zero-order chi connectivity index (χ0) is 19.7. The number of hydrogen-bond donors (Lipinski definition) is 0. The van der Waals surface area contributed by atoms with E-state index in [1.54, 1.807) is 0 Å². The fourth-order valence-corrected chi connectivity index (χ4v) is 3.15. The summed E-state index contributed by atoms with van der Waals surface area (Å²) in [5.41, 5.74) is 5.22. The minimum Gasteiger partial charge on any atom is -0.103 e. The normalized spacial score (nSPS) is 13.8. The van der Waals surface area contributed by atoms with E-state index in [4.69, 9.17) is 0 Å². The lowest BCUT2D eigenvalue weighted by Crippen LogP contribution is -2.25. The summed E-state index contributed by atoms with van der Waals surface area (Å²) in [5.74, 6) is 0. The Morgan fingerprint density at radius 3 is 1.52 bits per heavy atom. The molecule has 0 spiro atoms. The predicted octanol–water partition coefficient (Wildman–Crippen LogP) is 7.94. The van der Waals surface area contributed by atoms with E-state index in [1.165, 1.54) is 29.5 Å². The Hall–Kier alpha value is -1.04. The summed E-state index contributed by atoms with van der Waals surface area (Å²) in [6.45, 7) is 27.4. The molecule has 0 aliphatic heterocycles. The lowest BCUT2D eigenvalue weighted by Gasteiger charge is -2.34. The van der Waals surface area contributed by atoms with Crippen molar-refractivity contribution in [3.05, 3.63) is 47.5 Å². The maximum Gasteiger partial charge on any atom is -0.00690 e. The monoisotopic (exact) mass is 342 g/mol. The smallest absolute Gasteiger partial charge is 0.00690 e. The van der Waals surface area contributed by atoms with Gasteiger partial charge in [0.25, 0.3) is 0 Å². The molecule has 0 amide bonds. The summed E-state index contributed by atoms with van der Waals surface area (Å²) in [7, 11) is 0. The highest BCUT2D eigenvalue weighted by Crippen LogP contribution is 2.39. The highest BCUT2D eigenvalue weighted by molar-refractivity contribution is 5.40. The Morgan fingerprint density at radius 2 is 1.12 bits per heavy atom. The molecule has 0 fully saturated rings. The molecule has 1 aromatic rings. The third-order valence-corrected chi connectivity index (χ3v) is 5.52. The van der Waals surface area contributed by atoms with Crippen molar-refractivity contribution in [3.8, 4) is 0 Å². The average Bonchev–Trinajstić information content (AvgIpc) is 2.43. The first kappa shape index (κ1) is 22.0. The third kappa shape index (κ3) is 6.32. The molecule has 0 aromatic heterocycles. The van der Waals surface area contributed by atoms with Crippen LogP contribution in [0, 0.1) is 5.41 Å². The molecule has 0 bridgehead atoms.